The van der Waals surface area contributed by atoms with Gasteiger partial charge in [-0.2, -0.15) is 5.10 Å². The first-order valence-corrected chi connectivity index (χ1v) is 8.45. The van der Waals surface area contributed by atoms with Crippen LogP contribution >= 0.6 is 11.6 Å². The number of hydrogen-bond donors (Lipinski definition) is 1. The minimum Gasteiger partial charge on any atom is -0.370 e. The summed E-state index contributed by atoms with van der Waals surface area (Å²) in [5.74, 6) is 0.606. The molecule has 0 unspecified atom stereocenters. The number of anilines is 1. The summed E-state index contributed by atoms with van der Waals surface area (Å²) >= 11 is 5.95. The van der Waals surface area contributed by atoms with Crippen molar-refractivity contribution in [2.75, 3.05) is 31.1 Å². The Hall–Kier alpha value is -2.21. The van der Waals surface area contributed by atoms with Gasteiger partial charge in [0.2, 0.25) is 0 Å². The number of halogens is 1. The zero-order chi connectivity index (χ0) is 17.1. The standard InChI is InChI=1S/C17H23ClN6/c1-13-14(12-21-22(13)2)11-20-17(19)24-9-7-23(8-10-24)16-5-3-15(18)4-6-16/h3-6,12H,7-11H2,1-2H3,(H2,19,20). The lowest BCUT2D eigenvalue weighted by molar-refractivity contribution is 0.380. The van der Waals surface area contributed by atoms with Crippen LogP contribution in [0.4, 0.5) is 5.69 Å². The predicted octanol–water partition coefficient (Wildman–Crippen LogP) is 2.02. The van der Waals surface area contributed by atoms with Gasteiger partial charge in [0, 0.05) is 55.2 Å². The van der Waals surface area contributed by atoms with Crippen LogP contribution in [0.5, 0.6) is 0 Å². The van der Waals surface area contributed by atoms with E-state index in [0.29, 0.717) is 12.5 Å². The number of benzene rings is 1. The molecule has 1 aromatic heterocycles. The molecule has 2 heterocycles. The van der Waals surface area contributed by atoms with Crippen LogP contribution in [0.15, 0.2) is 35.5 Å². The van der Waals surface area contributed by atoms with Crippen molar-refractivity contribution in [3.8, 4) is 0 Å². The van der Waals surface area contributed by atoms with Gasteiger partial charge in [-0.3, -0.25) is 4.68 Å². The molecule has 0 aliphatic carbocycles. The van der Waals surface area contributed by atoms with E-state index in [4.69, 9.17) is 17.3 Å². The highest BCUT2D eigenvalue weighted by atomic mass is 35.5. The van der Waals surface area contributed by atoms with Crippen LogP contribution in [0.1, 0.15) is 11.3 Å². The average molecular weight is 347 g/mol. The normalized spacial score (nSPS) is 15.9. The number of aromatic nitrogens is 2. The maximum Gasteiger partial charge on any atom is 0.191 e. The third-order valence-corrected chi connectivity index (χ3v) is 4.80. The van der Waals surface area contributed by atoms with E-state index < -0.39 is 0 Å². The molecule has 3 rings (SSSR count). The number of nitrogens with two attached hydrogens (primary N) is 1. The van der Waals surface area contributed by atoms with Crippen LogP contribution in [0.3, 0.4) is 0 Å². The van der Waals surface area contributed by atoms with Gasteiger partial charge in [-0.05, 0) is 31.2 Å². The largest absolute Gasteiger partial charge is 0.370 e. The molecular weight excluding hydrogens is 324 g/mol. The average Bonchev–Trinajstić information content (AvgIpc) is 2.92. The molecule has 1 fully saturated rings. The maximum absolute atomic E-state index is 6.17. The van der Waals surface area contributed by atoms with E-state index in [1.807, 2.05) is 37.0 Å². The Morgan fingerprint density at radius 2 is 1.88 bits per heavy atom. The summed E-state index contributed by atoms with van der Waals surface area (Å²) in [6.45, 7) is 6.18. The van der Waals surface area contributed by atoms with Crippen LogP contribution in [0.2, 0.25) is 5.02 Å². The Balaban J connectivity index is 1.56. The van der Waals surface area contributed by atoms with Gasteiger partial charge in [-0.15, -0.1) is 0 Å². The number of rotatable bonds is 3. The van der Waals surface area contributed by atoms with E-state index >= 15 is 0 Å². The van der Waals surface area contributed by atoms with Crippen molar-refractivity contribution in [3.05, 3.63) is 46.7 Å². The molecule has 2 N–H and O–H groups in total. The molecular formula is C17H23ClN6. The molecule has 7 heteroatoms. The highest BCUT2D eigenvalue weighted by molar-refractivity contribution is 6.30. The second-order valence-corrected chi connectivity index (χ2v) is 6.44. The fraction of sp³-hybridized carbons (Fsp3) is 0.412. The van der Waals surface area contributed by atoms with Crippen LogP contribution in [0, 0.1) is 6.92 Å². The Morgan fingerprint density at radius 3 is 2.46 bits per heavy atom. The van der Waals surface area contributed by atoms with Gasteiger partial charge < -0.3 is 15.5 Å². The summed E-state index contributed by atoms with van der Waals surface area (Å²) in [6.07, 6.45) is 1.85. The van der Waals surface area contributed by atoms with E-state index in [0.717, 1.165) is 42.5 Å². The summed E-state index contributed by atoms with van der Waals surface area (Å²) in [7, 11) is 1.93. The molecule has 2 aromatic rings. The second kappa shape index (κ2) is 7.13. The van der Waals surface area contributed by atoms with Crippen molar-refractivity contribution < 1.29 is 0 Å². The molecule has 1 aliphatic rings. The first kappa shape index (κ1) is 16.6. The lowest BCUT2D eigenvalue weighted by Crippen LogP contribution is -2.51. The summed E-state index contributed by atoms with van der Waals surface area (Å²) in [6, 6.07) is 7.96. The molecule has 128 valence electrons. The van der Waals surface area contributed by atoms with Crippen LogP contribution < -0.4 is 10.6 Å². The topological polar surface area (TPSA) is 62.7 Å². The van der Waals surface area contributed by atoms with E-state index in [-0.39, 0.29) is 0 Å². The summed E-state index contributed by atoms with van der Waals surface area (Å²) < 4.78 is 1.85. The fourth-order valence-corrected chi connectivity index (χ4v) is 2.94. The highest BCUT2D eigenvalue weighted by Gasteiger charge is 2.18. The van der Waals surface area contributed by atoms with Crippen molar-refractivity contribution in [1.82, 2.24) is 14.7 Å². The molecule has 6 nitrogen and oxygen atoms in total. The molecule has 0 amide bonds. The van der Waals surface area contributed by atoms with Crippen molar-refractivity contribution in [2.24, 2.45) is 17.8 Å². The summed E-state index contributed by atoms with van der Waals surface area (Å²) in [5, 5.41) is 5.00. The molecule has 0 bridgehead atoms. The van der Waals surface area contributed by atoms with Crippen molar-refractivity contribution >= 4 is 23.2 Å². The number of piperazine rings is 1. The number of aryl methyl sites for hydroxylation is 1. The van der Waals surface area contributed by atoms with Crippen LogP contribution in [-0.2, 0) is 13.6 Å². The third-order valence-electron chi connectivity index (χ3n) is 4.54. The monoisotopic (exact) mass is 346 g/mol. The summed E-state index contributed by atoms with van der Waals surface area (Å²) in [5.41, 5.74) is 9.60. The number of hydrogen-bond acceptors (Lipinski definition) is 3. The SMILES string of the molecule is Cc1c(CN=C(N)N2CCN(c3ccc(Cl)cc3)CC2)cnn1C. The van der Waals surface area contributed by atoms with Gasteiger partial charge in [-0.25, -0.2) is 4.99 Å². The van der Waals surface area contributed by atoms with Gasteiger partial charge in [0.05, 0.1) is 12.7 Å². The van der Waals surface area contributed by atoms with Crippen LogP contribution in [0.25, 0.3) is 0 Å². The quantitative estimate of drug-likeness (QED) is 0.682. The first-order chi connectivity index (χ1) is 11.5. The minimum absolute atomic E-state index is 0.572. The Labute approximate surface area is 147 Å². The van der Waals surface area contributed by atoms with Gasteiger partial charge in [0.1, 0.15) is 0 Å². The lowest BCUT2D eigenvalue weighted by Gasteiger charge is -2.36. The fourth-order valence-electron chi connectivity index (χ4n) is 2.81. The molecule has 1 aromatic carbocycles. The van der Waals surface area contributed by atoms with Crippen molar-refractivity contribution in [1.29, 1.82) is 0 Å². The second-order valence-electron chi connectivity index (χ2n) is 6.00. The van der Waals surface area contributed by atoms with E-state index in [1.54, 1.807) is 0 Å². The van der Waals surface area contributed by atoms with Crippen molar-refractivity contribution in [3.63, 3.8) is 0 Å². The van der Waals surface area contributed by atoms with Crippen molar-refractivity contribution in [2.45, 2.75) is 13.5 Å². The van der Waals surface area contributed by atoms with Gasteiger partial charge in [-0.1, -0.05) is 11.6 Å². The number of aliphatic imine (C=N–C) groups is 1. The smallest absolute Gasteiger partial charge is 0.191 e. The molecule has 0 spiro atoms. The minimum atomic E-state index is 0.572. The number of nitrogens with zero attached hydrogens (tertiary/aromatic N) is 5. The van der Waals surface area contributed by atoms with Gasteiger partial charge in [0.25, 0.3) is 0 Å². The van der Waals surface area contributed by atoms with E-state index in [1.165, 1.54) is 5.69 Å². The lowest BCUT2D eigenvalue weighted by atomic mass is 10.2. The molecule has 0 radical (unpaired) electrons. The zero-order valence-corrected chi connectivity index (χ0v) is 14.9. The van der Waals surface area contributed by atoms with E-state index in [2.05, 4.69) is 32.0 Å². The first-order valence-electron chi connectivity index (χ1n) is 8.07. The third kappa shape index (κ3) is 3.64. The van der Waals surface area contributed by atoms with Gasteiger partial charge in [0.15, 0.2) is 5.96 Å². The van der Waals surface area contributed by atoms with E-state index in [9.17, 15) is 0 Å². The highest BCUT2D eigenvalue weighted by Crippen LogP contribution is 2.19. The predicted molar refractivity (Wildman–Crippen MR) is 98.5 cm³/mol. The summed E-state index contributed by atoms with van der Waals surface area (Å²) in [4.78, 5) is 9.01. The Bertz CT molecular complexity index is 713. The zero-order valence-electron chi connectivity index (χ0n) is 14.1. The molecule has 0 saturated carbocycles. The molecule has 0 atom stereocenters. The molecule has 24 heavy (non-hydrogen) atoms. The van der Waals surface area contributed by atoms with Crippen LogP contribution in [-0.4, -0.2) is 46.8 Å². The maximum atomic E-state index is 6.17. The molecule has 1 saturated heterocycles. The Kier molecular flexibility index (Phi) is 4.94. The molecule has 1 aliphatic heterocycles. The number of guanidine groups is 1. The Morgan fingerprint density at radius 1 is 1.21 bits per heavy atom. The van der Waals surface area contributed by atoms with Gasteiger partial charge >= 0.3 is 0 Å².